The maximum Gasteiger partial charge on any atom is 0.257 e. The highest BCUT2D eigenvalue weighted by Crippen LogP contribution is 2.24. The minimum Gasteiger partial charge on any atom is -0.356 e. The lowest BCUT2D eigenvalue weighted by molar-refractivity contribution is 0.0660. The third-order valence-corrected chi connectivity index (χ3v) is 5.23. The molecule has 2 aliphatic heterocycles. The summed E-state index contributed by atoms with van der Waals surface area (Å²) in [5, 5.41) is 0. The van der Waals surface area contributed by atoms with Gasteiger partial charge in [-0.15, -0.1) is 0 Å². The number of pyridine rings is 1. The summed E-state index contributed by atoms with van der Waals surface area (Å²) in [5.41, 5.74) is 0.760. The van der Waals surface area contributed by atoms with Crippen LogP contribution in [0.25, 0.3) is 0 Å². The van der Waals surface area contributed by atoms with Crippen LogP contribution >= 0.6 is 0 Å². The van der Waals surface area contributed by atoms with Crippen molar-refractivity contribution in [1.82, 2.24) is 14.8 Å². The van der Waals surface area contributed by atoms with Gasteiger partial charge in [0, 0.05) is 32.4 Å². The summed E-state index contributed by atoms with van der Waals surface area (Å²) in [7, 11) is 4.10. The SMILES string of the molecule is CN1CCC(N(C)C(=O)c2cccnc2N2CCCCC2)CC1. The van der Waals surface area contributed by atoms with E-state index < -0.39 is 0 Å². The molecule has 0 spiro atoms. The Labute approximate surface area is 139 Å². The van der Waals surface area contributed by atoms with Gasteiger partial charge in [-0.25, -0.2) is 4.98 Å². The Balaban J connectivity index is 1.76. The van der Waals surface area contributed by atoms with E-state index in [9.17, 15) is 4.79 Å². The van der Waals surface area contributed by atoms with Gasteiger partial charge in [0.1, 0.15) is 5.82 Å². The third kappa shape index (κ3) is 3.66. The number of amides is 1. The molecule has 2 aliphatic rings. The average Bonchev–Trinajstić information content (AvgIpc) is 2.62. The average molecular weight is 316 g/mol. The number of carbonyl (C=O) groups is 1. The Kier molecular flexibility index (Phi) is 5.16. The second kappa shape index (κ2) is 7.30. The van der Waals surface area contributed by atoms with Crippen LogP contribution in [-0.4, -0.2) is 67.0 Å². The minimum absolute atomic E-state index is 0.119. The van der Waals surface area contributed by atoms with E-state index in [1.54, 1.807) is 6.20 Å². The number of carbonyl (C=O) groups excluding carboxylic acids is 1. The summed E-state index contributed by atoms with van der Waals surface area (Å²) < 4.78 is 0. The monoisotopic (exact) mass is 316 g/mol. The van der Waals surface area contributed by atoms with Gasteiger partial charge in [0.05, 0.1) is 5.56 Å². The number of hydrogen-bond donors (Lipinski definition) is 0. The molecule has 2 saturated heterocycles. The van der Waals surface area contributed by atoms with Crippen LogP contribution in [0.2, 0.25) is 0 Å². The first kappa shape index (κ1) is 16.2. The normalized spacial score (nSPS) is 20.5. The van der Waals surface area contributed by atoms with Crippen LogP contribution in [0.3, 0.4) is 0 Å². The minimum atomic E-state index is 0.119. The Morgan fingerprint density at radius 3 is 2.57 bits per heavy atom. The summed E-state index contributed by atoms with van der Waals surface area (Å²) >= 11 is 0. The summed E-state index contributed by atoms with van der Waals surface area (Å²) in [5.74, 6) is 0.991. The Bertz CT molecular complexity index is 534. The summed E-state index contributed by atoms with van der Waals surface area (Å²) in [6, 6.07) is 4.15. The standard InChI is InChI=1S/C18H28N4O/c1-20-13-8-15(9-14-20)21(2)18(23)16-7-6-10-19-17(16)22-11-4-3-5-12-22/h6-7,10,15H,3-5,8-9,11-14H2,1-2H3. The second-order valence-corrected chi connectivity index (χ2v) is 6.87. The molecule has 5 heteroatoms. The van der Waals surface area contributed by atoms with Gasteiger partial charge in [0.2, 0.25) is 0 Å². The molecule has 0 radical (unpaired) electrons. The van der Waals surface area contributed by atoms with E-state index in [4.69, 9.17) is 0 Å². The molecule has 3 heterocycles. The molecule has 23 heavy (non-hydrogen) atoms. The molecule has 1 aromatic rings. The molecule has 5 nitrogen and oxygen atoms in total. The molecule has 0 N–H and O–H groups in total. The van der Waals surface area contributed by atoms with Crippen molar-refractivity contribution >= 4 is 11.7 Å². The lowest BCUT2D eigenvalue weighted by Crippen LogP contribution is -2.45. The number of piperidine rings is 2. The van der Waals surface area contributed by atoms with Crippen LogP contribution in [0.5, 0.6) is 0 Å². The zero-order valence-electron chi connectivity index (χ0n) is 14.4. The summed E-state index contributed by atoms with van der Waals surface area (Å²) in [6.07, 6.45) is 7.57. The highest BCUT2D eigenvalue weighted by molar-refractivity contribution is 5.99. The maximum atomic E-state index is 13.0. The first-order chi connectivity index (χ1) is 11.2. The predicted octanol–water partition coefficient (Wildman–Crippen LogP) is 2.24. The van der Waals surface area contributed by atoms with Crippen LogP contribution in [0.15, 0.2) is 18.3 Å². The lowest BCUT2D eigenvalue weighted by Gasteiger charge is -2.36. The van der Waals surface area contributed by atoms with Gasteiger partial charge in [-0.05, 0) is 64.4 Å². The maximum absolute atomic E-state index is 13.0. The van der Waals surface area contributed by atoms with Crippen molar-refractivity contribution in [1.29, 1.82) is 0 Å². The molecule has 0 unspecified atom stereocenters. The van der Waals surface area contributed by atoms with Crippen LogP contribution in [0, 0.1) is 0 Å². The first-order valence-electron chi connectivity index (χ1n) is 8.82. The van der Waals surface area contributed by atoms with Gasteiger partial charge >= 0.3 is 0 Å². The van der Waals surface area contributed by atoms with E-state index in [0.29, 0.717) is 6.04 Å². The molecule has 0 atom stereocenters. The fourth-order valence-corrected chi connectivity index (χ4v) is 3.66. The summed E-state index contributed by atoms with van der Waals surface area (Å²) in [6.45, 7) is 4.15. The van der Waals surface area contributed by atoms with Crippen molar-refractivity contribution in [3.05, 3.63) is 23.9 Å². The molecule has 0 aliphatic carbocycles. The first-order valence-corrected chi connectivity index (χ1v) is 8.82. The van der Waals surface area contributed by atoms with Crippen molar-refractivity contribution in [2.24, 2.45) is 0 Å². The van der Waals surface area contributed by atoms with E-state index in [-0.39, 0.29) is 5.91 Å². The fourth-order valence-electron chi connectivity index (χ4n) is 3.66. The van der Waals surface area contributed by atoms with Crippen LogP contribution in [0.4, 0.5) is 5.82 Å². The molecule has 0 bridgehead atoms. The molecule has 0 aromatic carbocycles. The lowest BCUT2D eigenvalue weighted by atomic mass is 10.0. The van der Waals surface area contributed by atoms with E-state index in [1.165, 1.54) is 19.3 Å². The largest absolute Gasteiger partial charge is 0.356 e. The van der Waals surface area contributed by atoms with Gasteiger partial charge in [0.15, 0.2) is 0 Å². The fraction of sp³-hybridized carbons (Fsp3) is 0.667. The highest BCUT2D eigenvalue weighted by atomic mass is 16.2. The molecule has 1 aromatic heterocycles. The number of rotatable bonds is 3. The Morgan fingerprint density at radius 2 is 1.87 bits per heavy atom. The molecule has 3 rings (SSSR count). The van der Waals surface area contributed by atoms with Crippen molar-refractivity contribution in [2.45, 2.75) is 38.1 Å². The molecule has 126 valence electrons. The van der Waals surface area contributed by atoms with Gasteiger partial charge in [-0.1, -0.05) is 0 Å². The number of likely N-dealkylation sites (tertiary alicyclic amines) is 1. The quantitative estimate of drug-likeness (QED) is 0.857. The van der Waals surface area contributed by atoms with Crippen molar-refractivity contribution in [2.75, 3.05) is 45.2 Å². The van der Waals surface area contributed by atoms with E-state index in [0.717, 1.165) is 50.4 Å². The number of anilines is 1. The summed E-state index contributed by atoms with van der Waals surface area (Å²) in [4.78, 5) is 24.1. The van der Waals surface area contributed by atoms with E-state index in [2.05, 4.69) is 21.8 Å². The third-order valence-electron chi connectivity index (χ3n) is 5.23. The van der Waals surface area contributed by atoms with Gasteiger partial charge in [-0.2, -0.15) is 0 Å². The second-order valence-electron chi connectivity index (χ2n) is 6.87. The molecular weight excluding hydrogens is 288 g/mol. The number of nitrogens with zero attached hydrogens (tertiary/aromatic N) is 4. The van der Waals surface area contributed by atoms with Crippen molar-refractivity contribution in [3.63, 3.8) is 0 Å². The Hall–Kier alpha value is -1.62. The van der Waals surface area contributed by atoms with Crippen molar-refractivity contribution in [3.8, 4) is 0 Å². The zero-order valence-corrected chi connectivity index (χ0v) is 14.4. The molecule has 0 saturated carbocycles. The Morgan fingerprint density at radius 1 is 1.17 bits per heavy atom. The highest BCUT2D eigenvalue weighted by Gasteiger charge is 2.27. The van der Waals surface area contributed by atoms with Gasteiger partial charge < -0.3 is 14.7 Å². The molecule has 2 fully saturated rings. The predicted molar refractivity (Wildman–Crippen MR) is 92.9 cm³/mol. The zero-order chi connectivity index (χ0) is 16.2. The molecule has 1 amide bonds. The number of hydrogen-bond acceptors (Lipinski definition) is 4. The number of aromatic nitrogens is 1. The van der Waals surface area contributed by atoms with E-state index in [1.807, 2.05) is 24.1 Å². The molecular formula is C18H28N4O. The van der Waals surface area contributed by atoms with E-state index >= 15 is 0 Å². The topological polar surface area (TPSA) is 39.7 Å². The van der Waals surface area contributed by atoms with Crippen LogP contribution in [0.1, 0.15) is 42.5 Å². The van der Waals surface area contributed by atoms with Crippen LogP contribution in [-0.2, 0) is 0 Å². The van der Waals surface area contributed by atoms with Gasteiger partial charge in [-0.3, -0.25) is 4.79 Å². The smallest absolute Gasteiger partial charge is 0.257 e. The van der Waals surface area contributed by atoms with Crippen molar-refractivity contribution < 1.29 is 4.79 Å². The van der Waals surface area contributed by atoms with Gasteiger partial charge in [0.25, 0.3) is 5.91 Å². The van der Waals surface area contributed by atoms with Crippen LogP contribution < -0.4 is 4.90 Å².